The number of rotatable bonds is 6. The van der Waals surface area contributed by atoms with Gasteiger partial charge >= 0.3 is 0 Å². The third-order valence-corrected chi connectivity index (χ3v) is 2.26. The average molecular weight is 209 g/mol. The van der Waals surface area contributed by atoms with Crippen molar-refractivity contribution in [2.75, 3.05) is 24.6 Å². The molecule has 0 aromatic carbocycles. The molecule has 0 saturated heterocycles. The predicted molar refractivity (Wildman–Crippen MR) is 61.0 cm³/mol. The maximum atomic E-state index is 8.98. The molecule has 0 amide bonds. The molecule has 0 aliphatic carbocycles. The lowest BCUT2D eigenvalue weighted by Crippen LogP contribution is -2.28. The molecule has 15 heavy (non-hydrogen) atoms. The van der Waals surface area contributed by atoms with Crippen LogP contribution in [0.25, 0.3) is 0 Å². The Balaban J connectivity index is 2.69. The average Bonchev–Trinajstić information content (AvgIpc) is 2.24. The van der Waals surface area contributed by atoms with Gasteiger partial charge in [0.2, 0.25) is 0 Å². The van der Waals surface area contributed by atoms with Crippen molar-refractivity contribution in [1.29, 1.82) is 0 Å². The van der Waals surface area contributed by atoms with Crippen molar-refractivity contribution in [1.82, 2.24) is 9.97 Å². The van der Waals surface area contributed by atoms with Gasteiger partial charge in [0.15, 0.2) is 0 Å². The Morgan fingerprint density at radius 2 is 2.13 bits per heavy atom. The number of aromatic nitrogens is 2. The molecule has 0 aliphatic rings. The van der Waals surface area contributed by atoms with Crippen LogP contribution in [0.15, 0.2) is 12.4 Å². The second-order valence-electron chi connectivity index (χ2n) is 3.58. The molecule has 1 heterocycles. The second-order valence-corrected chi connectivity index (χ2v) is 3.58. The van der Waals surface area contributed by atoms with Gasteiger partial charge in [-0.25, -0.2) is 9.97 Å². The molecule has 1 N–H and O–H groups in total. The van der Waals surface area contributed by atoms with E-state index in [-0.39, 0.29) is 6.61 Å². The second kappa shape index (κ2) is 6.35. The molecule has 0 bridgehead atoms. The highest BCUT2D eigenvalue weighted by Gasteiger charge is 2.06. The van der Waals surface area contributed by atoms with Crippen molar-refractivity contribution < 1.29 is 5.11 Å². The normalized spacial score (nSPS) is 10.3. The summed E-state index contributed by atoms with van der Waals surface area (Å²) < 4.78 is 0. The summed E-state index contributed by atoms with van der Waals surface area (Å²) in [6, 6.07) is 1.95. The van der Waals surface area contributed by atoms with Gasteiger partial charge in [-0.15, -0.1) is 0 Å². The summed E-state index contributed by atoms with van der Waals surface area (Å²) in [5.74, 6) is 0.907. The summed E-state index contributed by atoms with van der Waals surface area (Å²) in [4.78, 5) is 10.4. The van der Waals surface area contributed by atoms with E-state index in [4.69, 9.17) is 5.11 Å². The fourth-order valence-electron chi connectivity index (χ4n) is 1.42. The zero-order valence-electron chi connectivity index (χ0n) is 9.48. The van der Waals surface area contributed by atoms with E-state index in [0.717, 1.165) is 30.9 Å². The lowest BCUT2D eigenvalue weighted by atomic mass is 10.3. The summed E-state index contributed by atoms with van der Waals surface area (Å²) >= 11 is 0. The van der Waals surface area contributed by atoms with Crippen molar-refractivity contribution in [3.8, 4) is 0 Å². The topological polar surface area (TPSA) is 49.2 Å². The van der Waals surface area contributed by atoms with Crippen LogP contribution in [0, 0.1) is 6.92 Å². The molecule has 0 atom stereocenters. The Labute approximate surface area is 91.0 Å². The van der Waals surface area contributed by atoms with Crippen LogP contribution in [0.3, 0.4) is 0 Å². The summed E-state index contributed by atoms with van der Waals surface area (Å²) in [6.45, 7) is 5.83. The number of hydrogen-bond donors (Lipinski definition) is 1. The SMILES string of the molecule is CCCCN(CCO)c1cc(C)ncn1. The predicted octanol–water partition coefficient (Wildman–Crippen LogP) is 1.38. The maximum Gasteiger partial charge on any atom is 0.132 e. The number of anilines is 1. The van der Waals surface area contributed by atoms with Crippen LogP contribution in [-0.2, 0) is 0 Å². The van der Waals surface area contributed by atoms with Crippen molar-refractivity contribution in [3.05, 3.63) is 18.1 Å². The largest absolute Gasteiger partial charge is 0.395 e. The van der Waals surface area contributed by atoms with Crippen molar-refractivity contribution in [3.63, 3.8) is 0 Å². The van der Waals surface area contributed by atoms with Crippen molar-refractivity contribution in [2.45, 2.75) is 26.7 Å². The Bertz CT molecular complexity index is 291. The van der Waals surface area contributed by atoms with Crippen LogP contribution in [0.2, 0.25) is 0 Å². The fourth-order valence-corrected chi connectivity index (χ4v) is 1.42. The number of aliphatic hydroxyl groups excluding tert-OH is 1. The van der Waals surface area contributed by atoms with Gasteiger partial charge in [0.05, 0.1) is 6.61 Å². The lowest BCUT2D eigenvalue weighted by molar-refractivity contribution is 0.301. The first-order chi connectivity index (χ1) is 7.27. The van der Waals surface area contributed by atoms with E-state index in [1.165, 1.54) is 0 Å². The minimum atomic E-state index is 0.159. The number of hydrogen-bond acceptors (Lipinski definition) is 4. The molecule has 4 heteroatoms. The van der Waals surface area contributed by atoms with E-state index in [2.05, 4.69) is 21.8 Å². The van der Waals surface area contributed by atoms with Crippen LogP contribution in [0.4, 0.5) is 5.82 Å². The van der Waals surface area contributed by atoms with Gasteiger partial charge in [0.25, 0.3) is 0 Å². The Hall–Kier alpha value is -1.16. The number of aryl methyl sites for hydroxylation is 1. The van der Waals surface area contributed by atoms with Crippen molar-refractivity contribution >= 4 is 5.82 Å². The van der Waals surface area contributed by atoms with Crippen LogP contribution >= 0.6 is 0 Å². The molecule has 0 fully saturated rings. The molecule has 0 unspecified atom stereocenters. The van der Waals surface area contributed by atoms with Crippen LogP contribution in [-0.4, -0.2) is 34.8 Å². The van der Waals surface area contributed by atoms with E-state index in [0.29, 0.717) is 6.54 Å². The molecule has 0 aliphatic heterocycles. The zero-order valence-corrected chi connectivity index (χ0v) is 9.48. The Morgan fingerprint density at radius 3 is 2.73 bits per heavy atom. The highest BCUT2D eigenvalue weighted by molar-refractivity contribution is 5.38. The van der Waals surface area contributed by atoms with Crippen LogP contribution in [0.1, 0.15) is 25.5 Å². The molecule has 0 spiro atoms. The maximum absolute atomic E-state index is 8.98. The number of unbranched alkanes of at least 4 members (excludes halogenated alkanes) is 1. The van der Waals surface area contributed by atoms with E-state index >= 15 is 0 Å². The number of nitrogens with zero attached hydrogens (tertiary/aromatic N) is 3. The van der Waals surface area contributed by atoms with Gasteiger partial charge in [-0.2, -0.15) is 0 Å². The molecule has 1 aromatic heterocycles. The first kappa shape index (κ1) is 11.9. The molecular weight excluding hydrogens is 190 g/mol. The molecular formula is C11H19N3O. The highest BCUT2D eigenvalue weighted by atomic mass is 16.3. The number of aliphatic hydroxyl groups is 1. The molecule has 1 aromatic rings. The highest BCUT2D eigenvalue weighted by Crippen LogP contribution is 2.11. The van der Waals surface area contributed by atoms with Crippen molar-refractivity contribution in [2.24, 2.45) is 0 Å². The monoisotopic (exact) mass is 209 g/mol. The van der Waals surface area contributed by atoms with Gasteiger partial charge in [-0.3, -0.25) is 0 Å². The molecule has 0 saturated carbocycles. The molecule has 4 nitrogen and oxygen atoms in total. The molecule has 84 valence electrons. The van der Waals surface area contributed by atoms with E-state index < -0.39 is 0 Å². The third-order valence-electron chi connectivity index (χ3n) is 2.26. The first-order valence-electron chi connectivity index (χ1n) is 5.42. The molecule has 0 radical (unpaired) electrons. The first-order valence-corrected chi connectivity index (χ1v) is 5.42. The smallest absolute Gasteiger partial charge is 0.132 e. The standard InChI is InChI=1S/C11H19N3O/c1-3-4-5-14(6-7-15)11-8-10(2)12-9-13-11/h8-9,15H,3-7H2,1-2H3. The van der Waals surface area contributed by atoms with E-state index in [1.54, 1.807) is 6.33 Å². The fraction of sp³-hybridized carbons (Fsp3) is 0.636. The van der Waals surface area contributed by atoms with Gasteiger partial charge in [-0.1, -0.05) is 13.3 Å². The van der Waals surface area contributed by atoms with Crippen LogP contribution < -0.4 is 4.90 Å². The molecule has 1 rings (SSSR count). The summed E-state index contributed by atoms with van der Waals surface area (Å²) in [5.41, 5.74) is 0.958. The zero-order chi connectivity index (χ0) is 11.1. The van der Waals surface area contributed by atoms with Gasteiger partial charge in [0, 0.05) is 24.8 Å². The minimum Gasteiger partial charge on any atom is -0.395 e. The summed E-state index contributed by atoms with van der Waals surface area (Å²) in [6.07, 6.45) is 3.83. The minimum absolute atomic E-state index is 0.159. The summed E-state index contributed by atoms with van der Waals surface area (Å²) in [7, 11) is 0. The Kier molecular flexibility index (Phi) is 5.04. The van der Waals surface area contributed by atoms with E-state index in [1.807, 2.05) is 13.0 Å². The third kappa shape index (κ3) is 3.83. The van der Waals surface area contributed by atoms with Gasteiger partial charge in [-0.05, 0) is 13.3 Å². The van der Waals surface area contributed by atoms with E-state index in [9.17, 15) is 0 Å². The summed E-state index contributed by atoms with van der Waals surface area (Å²) in [5, 5.41) is 8.98. The quantitative estimate of drug-likeness (QED) is 0.769. The van der Waals surface area contributed by atoms with Crippen LogP contribution in [0.5, 0.6) is 0 Å². The van der Waals surface area contributed by atoms with Gasteiger partial charge < -0.3 is 10.0 Å². The lowest BCUT2D eigenvalue weighted by Gasteiger charge is -2.22. The van der Waals surface area contributed by atoms with Gasteiger partial charge in [0.1, 0.15) is 12.1 Å². The Morgan fingerprint density at radius 1 is 1.33 bits per heavy atom.